The molecule has 0 saturated heterocycles. The summed E-state index contributed by atoms with van der Waals surface area (Å²) in [5, 5.41) is 2.67. The van der Waals surface area contributed by atoms with Crippen molar-refractivity contribution in [2.24, 2.45) is 0 Å². The Morgan fingerprint density at radius 2 is 1.94 bits per heavy atom. The standard InChI is InChI=1S/C12H12ClNO3/c1-9(13)8-17-11(15)7-14-12(16)10-5-3-2-4-6-10/h2-6H,1,7-8H2,(H,14,16). The van der Waals surface area contributed by atoms with Crippen molar-refractivity contribution in [1.82, 2.24) is 5.32 Å². The summed E-state index contributed by atoms with van der Waals surface area (Å²) in [5.74, 6) is -0.886. The minimum Gasteiger partial charge on any atom is -0.459 e. The van der Waals surface area contributed by atoms with Crippen LogP contribution in [0.15, 0.2) is 41.9 Å². The number of ether oxygens (including phenoxy) is 1. The molecule has 0 bridgehead atoms. The van der Waals surface area contributed by atoms with E-state index in [1.807, 2.05) is 0 Å². The lowest BCUT2D eigenvalue weighted by Gasteiger charge is -2.05. The molecule has 0 aliphatic rings. The van der Waals surface area contributed by atoms with Crippen molar-refractivity contribution in [3.8, 4) is 0 Å². The summed E-state index contributed by atoms with van der Waals surface area (Å²) in [4.78, 5) is 22.7. The molecule has 0 aromatic heterocycles. The van der Waals surface area contributed by atoms with E-state index in [-0.39, 0.29) is 24.1 Å². The number of carbonyl (C=O) groups excluding carboxylic acids is 2. The number of benzene rings is 1. The maximum atomic E-state index is 11.5. The molecule has 0 heterocycles. The van der Waals surface area contributed by atoms with Gasteiger partial charge in [-0.1, -0.05) is 36.4 Å². The van der Waals surface area contributed by atoms with Crippen LogP contribution >= 0.6 is 11.6 Å². The first-order chi connectivity index (χ1) is 8.09. The van der Waals surface area contributed by atoms with E-state index in [9.17, 15) is 9.59 Å². The van der Waals surface area contributed by atoms with Crippen LogP contribution in [-0.2, 0) is 9.53 Å². The monoisotopic (exact) mass is 253 g/mol. The predicted octanol–water partition coefficient (Wildman–Crippen LogP) is 1.71. The normalized spacial score (nSPS) is 9.47. The van der Waals surface area contributed by atoms with Gasteiger partial charge in [0.2, 0.25) is 0 Å². The van der Waals surface area contributed by atoms with E-state index in [2.05, 4.69) is 11.9 Å². The summed E-state index contributed by atoms with van der Waals surface area (Å²) in [5.41, 5.74) is 0.488. The lowest BCUT2D eigenvalue weighted by atomic mass is 10.2. The van der Waals surface area contributed by atoms with Gasteiger partial charge in [0.15, 0.2) is 0 Å². The zero-order chi connectivity index (χ0) is 12.7. The van der Waals surface area contributed by atoms with Gasteiger partial charge in [-0.25, -0.2) is 0 Å². The number of nitrogens with one attached hydrogen (secondary N) is 1. The van der Waals surface area contributed by atoms with Crippen molar-refractivity contribution in [1.29, 1.82) is 0 Å². The molecule has 17 heavy (non-hydrogen) atoms. The fourth-order valence-electron chi connectivity index (χ4n) is 1.05. The van der Waals surface area contributed by atoms with Gasteiger partial charge >= 0.3 is 5.97 Å². The molecular formula is C12H12ClNO3. The number of hydrogen-bond donors (Lipinski definition) is 1. The van der Waals surface area contributed by atoms with E-state index in [1.54, 1.807) is 30.3 Å². The van der Waals surface area contributed by atoms with E-state index in [1.165, 1.54) is 0 Å². The first-order valence-corrected chi connectivity index (χ1v) is 5.29. The lowest BCUT2D eigenvalue weighted by molar-refractivity contribution is -0.141. The average Bonchev–Trinajstić information content (AvgIpc) is 2.34. The molecule has 1 rings (SSSR count). The van der Waals surface area contributed by atoms with Gasteiger partial charge in [-0.05, 0) is 12.1 Å². The summed E-state index contributed by atoms with van der Waals surface area (Å²) in [6.07, 6.45) is 0. The van der Waals surface area contributed by atoms with E-state index in [4.69, 9.17) is 16.3 Å². The Balaban J connectivity index is 2.34. The molecule has 0 unspecified atom stereocenters. The summed E-state index contributed by atoms with van der Waals surface area (Å²) >= 11 is 5.42. The topological polar surface area (TPSA) is 55.4 Å². The van der Waals surface area contributed by atoms with E-state index >= 15 is 0 Å². The van der Waals surface area contributed by atoms with E-state index < -0.39 is 5.97 Å². The maximum Gasteiger partial charge on any atom is 0.325 e. The molecule has 0 saturated carbocycles. The maximum absolute atomic E-state index is 11.5. The minimum atomic E-state index is -0.559. The van der Waals surface area contributed by atoms with Gasteiger partial charge in [-0.3, -0.25) is 9.59 Å². The van der Waals surface area contributed by atoms with Crippen molar-refractivity contribution in [2.75, 3.05) is 13.2 Å². The summed E-state index contributed by atoms with van der Waals surface area (Å²) in [7, 11) is 0. The van der Waals surface area contributed by atoms with Gasteiger partial charge in [0.1, 0.15) is 13.2 Å². The van der Waals surface area contributed by atoms with Gasteiger partial charge in [0.25, 0.3) is 5.91 Å². The first-order valence-electron chi connectivity index (χ1n) is 4.91. The highest BCUT2D eigenvalue weighted by atomic mass is 35.5. The molecule has 4 nitrogen and oxygen atoms in total. The highest BCUT2D eigenvalue weighted by molar-refractivity contribution is 6.29. The first kappa shape index (κ1) is 13.3. The van der Waals surface area contributed by atoms with Crippen LogP contribution in [0.4, 0.5) is 0 Å². The second kappa shape index (κ2) is 6.70. The Labute approximate surface area is 104 Å². The number of amides is 1. The fraction of sp³-hybridized carbons (Fsp3) is 0.167. The number of rotatable bonds is 5. The molecule has 0 radical (unpaired) electrons. The van der Waals surface area contributed by atoms with Crippen LogP contribution in [0.3, 0.4) is 0 Å². The molecule has 0 atom stereocenters. The van der Waals surface area contributed by atoms with Gasteiger partial charge in [0, 0.05) is 10.6 Å². The van der Waals surface area contributed by atoms with Gasteiger partial charge in [0.05, 0.1) is 0 Å². The number of esters is 1. The Morgan fingerprint density at radius 3 is 2.53 bits per heavy atom. The molecule has 0 aliphatic carbocycles. The summed E-state index contributed by atoms with van der Waals surface area (Å²) in [6, 6.07) is 8.59. The highest BCUT2D eigenvalue weighted by Gasteiger charge is 2.08. The smallest absolute Gasteiger partial charge is 0.325 e. The Bertz CT molecular complexity index is 417. The molecule has 0 aliphatic heterocycles. The third-order valence-corrected chi connectivity index (χ3v) is 1.93. The fourth-order valence-corrected chi connectivity index (χ4v) is 1.11. The molecule has 90 valence electrons. The summed E-state index contributed by atoms with van der Waals surface area (Å²) in [6.45, 7) is 3.12. The van der Waals surface area contributed by atoms with Crippen molar-refractivity contribution in [3.05, 3.63) is 47.5 Å². The Hall–Kier alpha value is -1.81. The average molecular weight is 254 g/mol. The molecule has 0 fully saturated rings. The van der Waals surface area contributed by atoms with Crippen LogP contribution in [0.2, 0.25) is 0 Å². The second-order valence-electron chi connectivity index (χ2n) is 3.23. The predicted molar refractivity (Wildman–Crippen MR) is 64.7 cm³/mol. The summed E-state index contributed by atoms with van der Waals surface area (Å²) < 4.78 is 4.70. The van der Waals surface area contributed by atoms with Crippen molar-refractivity contribution in [3.63, 3.8) is 0 Å². The zero-order valence-electron chi connectivity index (χ0n) is 9.11. The minimum absolute atomic E-state index is 0.0540. The molecule has 1 amide bonds. The van der Waals surface area contributed by atoms with Crippen LogP contribution in [0.5, 0.6) is 0 Å². The van der Waals surface area contributed by atoms with Crippen LogP contribution in [0.1, 0.15) is 10.4 Å². The van der Waals surface area contributed by atoms with Crippen molar-refractivity contribution in [2.45, 2.75) is 0 Å². The van der Waals surface area contributed by atoms with Crippen LogP contribution in [0.25, 0.3) is 0 Å². The van der Waals surface area contributed by atoms with Crippen LogP contribution in [0, 0.1) is 0 Å². The van der Waals surface area contributed by atoms with Crippen LogP contribution in [-0.4, -0.2) is 25.0 Å². The number of hydrogen-bond acceptors (Lipinski definition) is 3. The highest BCUT2D eigenvalue weighted by Crippen LogP contribution is 1.98. The van der Waals surface area contributed by atoms with Gasteiger partial charge in [-0.15, -0.1) is 0 Å². The van der Waals surface area contributed by atoms with Crippen molar-refractivity contribution < 1.29 is 14.3 Å². The SMILES string of the molecule is C=C(Cl)COC(=O)CNC(=O)c1ccccc1. The van der Waals surface area contributed by atoms with E-state index in [0.717, 1.165) is 0 Å². The molecule has 1 aromatic carbocycles. The van der Waals surface area contributed by atoms with Crippen molar-refractivity contribution >= 4 is 23.5 Å². The number of halogens is 1. The zero-order valence-corrected chi connectivity index (χ0v) is 9.87. The quantitative estimate of drug-likeness (QED) is 0.813. The van der Waals surface area contributed by atoms with Gasteiger partial charge < -0.3 is 10.1 Å². The Morgan fingerprint density at radius 1 is 1.29 bits per heavy atom. The molecule has 1 N–H and O–H groups in total. The molecule has 5 heteroatoms. The molecular weight excluding hydrogens is 242 g/mol. The lowest BCUT2D eigenvalue weighted by Crippen LogP contribution is -2.30. The van der Waals surface area contributed by atoms with Crippen LogP contribution < -0.4 is 5.32 Å². The Kier molecular flexibility index (Phi) is 5.23. The third kappa shape index (κ3) is 5.17. The number of carbonyl (C=O) groups is 2. The second-order valence-corrected chi connectivity index (χ2v) is 3.76. The van der Waals surface area contributed by atoms with E-state index in [0.29, 0.717) is 5.56 Å². The molecule has 0 spiro atoms. The van der Waals surface area contributed by atoms with Gasteiger partial charge in [-0.2, -0.15) is 0 Å². The third-order valence-electron chi connectivity index (χ3n) is 1.82. The molecule has 1 aromatic rings. The largest absolute Gasteiger partial charge is 0.459 e.